The molecular formula is C27H39F3O18S. The fraction of sp³-hybridized carbons (Fsp3) is 0.778. The summed E-state index contributed by atoms with van der Waals surface area (Å²) in [5, 5.41) is 9.35. The summed E-state index contributed by atoms with van der Waals surface area (Å²) in [6, 6.07) is 0. The van der Waals surface area contributed by atoms with Gasteiger partial charge in [-0.2, -0.15) is 21.6 Å². The molecule has 22 heteroatoms. The van der Waals surface area contributed by atoms with Crippen LogP contribution in [0.25, 0.3) is 0 Å². The lowest BCUT2D eigenvalue weighted by Crippen LogP contribution is -2.61. The third-order valence-corrected chi connectivity index (χ3v) is 7.41. The third kappa shape index (κ3) is 13.3. The molecule has 0 spiro atoms. The number of esters is 6. The molecule has 282 valence electrons. The Bertz CT molecular complexity index is 1300. The van der Waals surface area contributed by atoms with Crippen molar-refractivity contribution in [3.05, 3.63) is 0 Å². The Kier molecular flexibility index (Phi) is 16.3. The molecule has 49 heavy (non-hydrogen) atoms. The maximum atomic E-state index is 12.5. The van der Waals surface area contributed by atoms with E-state index in [9.17, 15) is 55.5 Å². The maximum absolute atomic E-state index is 12.5. The van der Waals surface area contributed by atoms with Crippen molar-refractivity contribution < 1.29 is 97.5 Å². The number of carbonyl (C=O) groups is 6. The first kappa shape index (κ1) is 43.4. The fourth-order valence-electron chi connectivity index (χ4n) is 4.73. The van der Waals surface area contributed by atoms with E-state index < -0.39 is 126 Å². The molecule has 0 saturated carbocycles. The Balaban J connectivity index is 0.000000510. The third-order valence-electron chi connectivity index (χ3n) is 6.40. The summed E-state index contributed by atoms with van der Waals surface area (Å²) < 4.78 is 105. The highest BCUT2D eigenvalue weighted by atomic mass is 32.2. The highest BCUT2D eigenvalue weighted by Crippen LogP contribution is 2.31. The van der Waals surface area contributed by atoms with Crippen molar-refractivity contribution in [3.8, 4) is 0 Å². The lowest BCUT2D eigenvalue weighted by molar-refractivity contribution is -0.248. The molecule has 18 nitrogen and oxygen atoms in total. The predicted octanol–water partition coefficient (Wildman–Crippen LogP) is -0.00390. The number of halogens is 3. The lowest BCUT2D eigenvalue weighted by atomic mass is 9.95. The number of aliphatic hydroxyl groups is 1. The standard InChI is InChI=1S/C14H19F3O10S.C13H20O8/c1-6-11(25-7(2)18)13(27-9(4)20)12(26-8(3)19)10(24-6)5-23-28(21,22)14(15,16)17;1-6-11(19-7(2)15)13(21-9(4)17)12(20-8(3)16)10(5-14)18-6/h6,10-13H,5H2,1-4H3;6,10-14H,5H2,1-4H3/t2*6?,10?,11-,12+,13?/m11/s1. The van der Waals surface area contributed by atoms with Crippen LogP contribution >= 0.6 is 0 Å². The average Bonchev–Trinajstić information content (AvgIpc) is 2.93. The van der Waals surface area contributed by atoms with Gasteiger partial charge in [-0.05, 0) is 13.8 Å². The van der Waals surface area contributed by atoms with Crippen LogP contribution in [-0.2, 0) is 81.0 Å². The van der Waals surface area contributed by atoms with E-state index in [0.717, 1.165) is 20.8 Å². The van der Waals surface area contributed by atoms with Gasteiger partial charge in [0, 0.05) is 41.5 Å². The lowest BCUT2D eigenvalue weighted by Gasteiger charge is -2.43. The molecule has 0 aromatic carbocycles. The highest BCUT2D eigenvalue weighted by Gasteiger charge is 2.53. The van der Waals surface area contributed by atoms with Crippen LogP contribution in [0.2, 0.25) is 0 Å². The van der Waals surface area contributed by atoms with Crippen molar-refractivity contribution in [1.29, 1.82) is 0 Å². The van der Waals surface area contributed by atoms with Gasteiger partial charge < -0.3 is 43.0 Å². The number of hydrogen-bond acceptors (Lipinski definition) is 18. The van der Waals surface area contributed by atoms with Crippen LogP contribution in [0, 0.1) is 0 Å². The SMILES string of the molecule is CC(=O)OC1[C@H](OC(C)=O)C(C)OC(CO)[C@@H]1OC(C)=O.CC(=O)OC1[C@H](OC(C)=O)C(C)OC(COS(=O)(=O)C(F)(F)F)[C@@H]1OC(C)=O. The van der Waals surface area contributed by atoms with E-state index in [1.54, 1.807) is 6.92 Å². The van der Waals surface area contributed by atoms with Crippen molar-refractivity contribution in [2.75, 3.05) is 13.2 Å². The molecule has 6 unspecified atom stereocenters. The monoisotopic (exact) mass is 740 g/mol. The van der Waals surface area contributed by atoms with E-state index in [-0.39, 0.29) is 0 Å². The van der Waals surface area contributed by atoms with E-state index in [1.807, 2.05) is 0 Å². The minimum Gasteiger partial charge on any atom is -0.456 e. The summed E-state index contributed by atoms with van der Waals surface area (Å²) in [7, 11) is -5.95. The minimum atomic E-state index is -5.95. The summed E-state index contributed by atoms with van der Waals surface area (Å²) in [6.07, 6.45) is -11.5. The topological polar surface area (TPSA) is 240 Å². The Morgan fingerprint density at radius 2 is 0.857 bits per heavy atom. The van der Waals surface area contributed by atoms with Crippen molar-refractivity contribution in [2.45, 2.75) is 122 Å². The molecule has 2 heterocycles. The molecule has 0 aromatic rings. The van der Waals surface area contributed by atoms with Gasteiger partial charge in [-0.15, -0.1) is 0 Å². The van der Waals surface area contributed by atoms with Gasteiger partial charge in [0.15, 0.2) is 36.6 Å². The Hall–Kier alpha value is -3.60. The quantitative estimate of drug-likeness (QED) is 0.134. The minimum absolute atomic E-state index is 0.438. The zero-order chi connectivity index (χ0) is 38.0. The van der Waals surface area contributed by atoms with Crippen LogP contribution in [0.5, 0.6) is 0 Å². The predicted molar refractivity (Wildman–Crippen MR) is 150 cm³/mol. The van der Waals surface area contributed by atoms with Gasteiger partial charge in [-0.1, -0.05) is 0 Å². The largest absolute Gasteiger partial charge is 0.523 e. The Labute approximate surface area is 278 Å². The molecule has 0 bridgehead atoms. The molecule has 2 aliphatic rings. The molecule has 0 aliphatic carbocycles. The second kappa shape index (κ2) is 18.4. The van der Waals surface area contributed by atoms with Crippen LogP contribution in [0.4, 0.5) is 13.2 Å². The number of aliphatic hydroxyl groups excluding tert-OH is 1. The van der Waals surface area contributed by atoms with Gasteiger partial charge in [0.05, 0.1) is 25.4 Å². The molecule has 2 saturated heterocycles. The smallest absolute Gasteiger partial charge is 0.456 e. The number of hydrogen-bond donors (Lipinski definition) is 1. The van der Waals surface area contributed by atoms with Crippen molar-refractivity contribution >= 4 is 45.9 Å². The normalized spacial score (nSPS) is 30.0. The number of alkyl halides is 3. The van der Waals surface area contributed by atoms with Gasteiger partial charge in [0.25, 0.3) is 0 Å². The van der Waals surface area contributed by atoms with Crippen LogP contribution in [-0.4, -0.2) is 129 Å². The summed E-state index contributed by atoms with van der Waals surface area (Å²) in [6.45, 7) is 7.86. The van der Waals surface area contributed by atoms with Crippen molar-refractivity contribution in [1.82, 2.24) is 0 Å². The van der Waals surface area contributed by atoms with Crippen molar-refractivity contribution in [3.63, 3.8) is 0 Å². The van der Waals surface area contributed by atoms with Crippen LogP contribution < -0.4 is 0 Å². The first-order chi connectivity index (χ1) is 22.4. The van der Waals surface area contributed by atoms with Crippen LogP contribution in [0.1, 0.15) is 55.4 Å². The summed E-state index contributed by atoms with van der Waals surface area (Å²) in [4.78, 5) is 67.8. The summed E-state index contributed by atoms with van der Waals surface area (Å²) >= 11 is 0. The second-order valence-electron chi connectivity index (χ2n) is 10.6. The molecule has 0 aromatic heterocycles. The maximum Gasteiger partial charge on any atom is 0.523 e. The number of carbonyl (C=O) groups excluding carboxylic acids is 6. The van der Waals surface area contributed by atoms with E-state index in [4.69, 9.17) is 37.9 Å². The molecule has 0 radical (unpaired) electrons. The van der Waals surface area contributed by atoms with Crippen LogP contribution in [0.3, 0.4) is 0 Å². The van der Waals surface area contributed by atoms with Gasteiger partial charge >= 0.3 is 51.4 Å². The molecule has 2 rings (SSSR count). The van der Waals surface area contributed by atoms with E-state index in [1.165, 1.54) is 27.7 Å². The molecular weight excluding hydrogens is 701 g/mol. The molecule has 0 amide bonds. The Morgan fingerprint density at radius 3 is 1.16 bits per heavy atom. The molecule has 2 fully saturated rings. The van der Waals surface area contributed by atoms with Crippen molar-refractivity contribution in [2.24, 2.45) is 0 Å². The number of rotatable bonds is 10. The zero-order valence-corrected chi connectivity index (χ0v) is 28.4. The van der Waals surface area contributed by atoms with Gasteiger partial charge in [0.1, 0.15) is 12.2 Å². The first-order valence-corrected chi connectivity index (χ1v) is 15.7. The fourth-order valence-corrected chi connectivity index (χ4v) is 5.17. The number of ether oxygens (including phenoxy) is 8. The Morgan fingerprint density at radius 1 is 0.571 bits per heavy atom. The van der Waals surface area contributed by atoms with Gasteiger partial charge in [-0.3, -0.25) is 33.0 Å². The van der Waals surface area contributed by atoms with E-state index in [0.29, 0.717) is 0 Å². The van der Waals surface area contributed by atoms with Gasteiger partial charge in [0.2, 0.25) is 0 Å². The average molecular weight is 741 g/mol. The highest BCUT2D eigenvalue weighted by molar-refractivity contribution is 7.87. The first-order valence-electron chi connectivity index (χ1n) is 14.3. The summed E-state index contributed by atoms with van der Waals surface area (Å²) in [5.41, 5.74) is -5.68. The van der Waals surface area contributed by atoms with E-state index >= 15 is 0 Å². The second-order valence-corrected chi connectivity index (χ2v) is 12.2. The molecule has 2 aliphatic heterocycles. The molecule has 10 atom stereocenters. The zero-order valence-electron chi connectivity index (χ0n) is 27.6. The van der Waals surface area contributed by atoms with Gasteiger partial charge in [-0.25, -0.2) is 0 Å². The summed E-state index contributed by atoms with van der Waals surface area (Å²) in [5.74, 6) is -4.46. The molecule has 1 N–H and O–H groups in total. The van der Waals surface area contributed by atoms with E-state index in [2.05, 4.69) is 4.18 Å². The van der Waals surface area contributed by atoms with Crippen LogP contribution in [0.15, 0.2) is 0 Å².